The first kappa shape index (κ1) is 12.6. The van der Waals surface area contributed by atoms with Crippen LogP contribution in [-0.2, 0) is 14.3 Å². The molecule has 0 saturated carbocycles. The van der Waals surface area contributed by atoms with E-state index in [2.05, 4.69) is 32.3 Å². The monoisotopic (exact) mass is 220 g/mol. The second-order valence-electron chi connectivity index (χ2n) is 2.10. The fraction of sp³-hybridized carbons (Fsp3) is 0.571. The molecule has 0 unspecified atom stereocenters. The van der Waals surface area contributed by atoms with E-state index < -0.39 is 12.1 Å². The Labute approximate surface area is 86.9 Å². The average Bonchev–Trinajstić information content (AvgIpc) is 2.14. The largest absolute Gasteiger partial charge is 0.468 e. The molecule has 1 amide bonds. The summed E-state index contributed by atoms with van der Waals surface area (Å²) in [5, 5.41) is 4.70. The van der Waals surface area contributed by atoms with E-state index in [0.717, 1.165) is 0 Å². The highest BCUT2D eigenvalue weighted by atomic mass is 32.1. The standard InChI is InChI=1S/C7H12N2O4S/c1-3-13-7(11)9-6(14)8-4-5(10)12-2/h3-4H2,1-2H3,(H2,8,9,11,14). The van der Waals surface area contributed by atoms with Crippen LogP contribution >= 0.6 is 12.2 Å². The number of esters is 1. The zero-order chi connectivity index (χ0) is 11.0. The van der Waals surface area contributed by atoms with Crippen molar-refractivity contribution in [2.24, 2.45) is 0 Å². The lowest BCUT2D eigenvalue weighted by Crippen LogP contribution is -2.41. The SMILES string of the molecule is CCOC(=O)NC(=S)NCC(=O)OC. The van der Waals surface area contributed by atoms with E-state index in [1.54, 1.807) is 6.92 Å². The van der Waals surface area contributed by atoms with Gasteiger partial charge in [-0.25, -0.2) is 4.79 Å². The molecule has 6 nitrogen and oxygen atoms in total. The summed E-state index contributed by atoms with van der Waals surface area (Å²) in [6.45, 7) is 1.83. The predicted molar refractivity (Wildman–Crippen MR) is 52.8 cm³/mol. The van der Waals surface area contributed by atoms with Gasteiger partial charge < -0.3 is 14.8 Å². The summed E-state index contributed by atoms with van der Waals surface area (Å²) in [7, 11) is 1.26. The number of ether oxygens (including phenoxy) is 2. The number of nitrogens with one attached hydrogen (secondary N) is 2. The van der Waals surface area contributed by atoms with E-state index in [4.69, 9.17) is 0 Å². The number of carbonyl (C=O) groups excluding carboxylic acids is 2. The molecule has 0 aliphatic rings. The minimum atomic E-state index is -0.658. The Hall–Kier alpha value is -1.37. The molecule has 0 aromatic carbocycles. The molecule has 0 aromatic heterocycles. The van der Waals surface area contributed by atoms with Crippen molar-refractivity contribution in [1.82, 2.24) is 10.6 Å². The molecular weight excluding hydrogens is 208 g/mol. The molecule has 0 saturated heterocycles. The zero-order valence-corrected chi connectivity index (χ0v) is 8.77. The van der Waals surface area contributed by atoms with Gasteiger partial charge in [0.1, 0.15) is 6.54 Å². The molecule has 0 aliphatic heterocycles. The van der Waals surface area contributed by atoms with Crippen LogP contribution in [0.1, 0.15) is 6.92 Å². The molecule has 7 heteroatoms. The van der Waals surface area contributed by atoms with Gasteiger partial charge in [0.2, 0.25) is 0 Å². The quantitative estimate of drug-likeness (QED) is 0.506. The molecule has 14 heavy (non-hydrogen) atoms. The third kappa shape index (κ3) is 6.18. The Morgan fingerprint density at radius 2 is 2.07 bits per heavy atom. The predicted octanol–water partition coefficient (Wildman–Crippen LogP) is -0.220. The molecule has 0 radical (unpaired) electrons. The van der Waals surface area contributed by atoms with Crippen LogP contribution in [0.3, 0.4) is 0 Å². The van der Waals surface area contributed by atoms with E-state index in [-0.39, 0.29) is 18.3 Å². The summed E-state index contributed by atoms with van der Waals surface area (Å²) in [6, 6.07) is 0. The van der Waals surface area contributed by atoms with E-state index in [9.17, 15) is 9.59 Å². The van der Waals surface area contributed by atoms with Crippen LogP contribution in [0.5, 0.6) is 0 Å². The number of thiocarbonyl (C=S) groups is 1. The maximum absolute atomic E-state index is 10.8. The maximum Gasteiger partial charge on any atom is 0.413 e. The number of hydrogen-bond acceptors (Lipinski definition) is 5. The first-order valence-corrected chi connectivity index (χ1v) is 4.29. The molecule has 0 heterocycles. The summed E-state index contributed by atoms with van der Waals surface area (Å²) in [6.07, 6.45) is -0.658. The van der Waals surface area contributed by atoms with Gasteiger partial charge in [-0.15, -0.1) is 0 Å². The third-order valence-corrected chi connectivity index (χ3v) is 1.36. The summed E-state index contributed by atoms with van der Waals surface area (Å²) in [5.74, 6) is -0.474. The van der Waals surface area contributed by atoms with Crippen LogP contribution in [0.4, 0.5) is 4.79 Å². The van der Waals surface area contributed by atoms with E-state index >= 15 is 0 Å². The highest BCUT2D eigenvalue weighted by molar-refractivity contribution is 7.80. The van der Waals surface area contributed by atoms with Crippen LogP contribution in [0.25, 0.3) is 0 Å². The fourth-order valence-electron chi connectivity index (χ4n) is 0.529. The average molecular weight is 220 g/mol. The Kier molecular flexibility index (Phi) is 6.38. The number of rotatable bonds is 3. The lowest BCUT2D eigenvalue weighted by Gasteiger charge is -2.07. The zero-order valence-electron chi connectivity index (χ0n) is 7.96. The first-order valence-electron chi connectivity index (χ1n) is 3.88. The highest BCUT2D eigenvalue weighted by Gasteiger charge is 2.05. The van der Waals surface area contributed by atoms with Gasteiger partial charge in [0.25, 0.3) is 0 Å². The van der Waals surface area contributed by atoms with Crippen molar-refractivity contribution in [1.29, 1.82) is 0 Å². The summed E-state index contributed by atoms with van der Waals surface area (Å²) in [5.41, 5.74) is 0. The van der Waals surface area contributed by atoms with Crippen LogP contribution in [0.15, 0.2) is 0 Å². The van der Waals surface area contributed by atoms with Gasteiger partial charge in [-0.3, -0.25) is 10.1 Å². The van der Waals surface area contributed by atoms with Crippen LogP contribution in [-0.4, -0.2) is 37.4 Å². The topological polar surface area (TPSA) is 76.7 Å². The second-order valence-corrected chi connectivity index (χ2v) is 2.51. The number of alkyl carbamates (subject to hydrolysis) is 1. The lowest BCUT2D eigenvalue weighted by atomic mass is 10.6. The summed E-state index contributed by atoms with van der Waals surface area (Å²) < 4.78 is 8.90. The minimum absolute atomic E-state index is 0.0221. The van der Waals surface area contributed by atoms with Gasteiger partial charge in [0.15, 0.2) is 5.11 Å². The first-order chi connectivity index (χ1) is 6.60. The van der Waals surface area contributed by atoms with E-state index in [1.807, 2.05) is 0 Å². The smallest absolute Gasteiger partial charge is 0.413 e. The Morgan fingerprint density at radius 3 is 2.57 bits per heavy atom. The summed E-state index contributed by atoms with van der Waals surface area (Å²) >= 11 is 4.68. The number of amides is 1. The number of methoxy groups -OCH3 is 1. The highest BCUT2D eigenvalue weighted by Crippen LogP contribution is 1.77. The minimum Gasteiger partial charge on any atom is -0.468 e. The van der Waals surface area contributed by atoms with Crippen LogP contribution in [0.2, 0.25) is 0 Å². The molecule has 0 rings (SSSR count). The van der Waals surface area contributed by atoms with Gasteiger partial charge in [0.05, 0.1) is 13.7 Å². The lowest BCUT2D eigenvalue weighted by molar-refractivity contribution is -0.139. The Morgan fingerprint density at radius 1 is 1.43 bits per heavy atom. The van der Waals surface area contributed by atoms with Crippen LogP contribution < -0.4 is 10.6 Å². The van der Waals surface area contributed by atoms with Crippen molar-refractivity contribution < 1.29 is 19.1 Å². The maximum atomic E-state index is 10.8. The number of carbonyl (C=O) groups is 2. The number of hydrogen-bond donors (Lipinski definition) is 2. The van der Waals surface area contributed by atoms with Crippen molar-refractivity contribution in [3.05, 3.63) is 0 Å². The molecule has 0 atom stereocenters. The molecule has 0 aliphatic carbocycles. The van der Waals surface area contributed by atoms with Crippen molar-refractivity contribution in [2.75, 3.05) is 20.3 Å². The normalized spacial score (nSPS) is 8.71. The van der Waals surface area contributed by atoms with Crippen molar-refractivity contribution >= 4 is 29.4 Å². The van der Waals surface area contributed by atoms with Gasteiger partial charge >= 0.3 is 12.1 Å². The van der Waals surface area contributed by atoms with Crippen molar-refractivity contribution in [3.63, 3.8) is 0 Å². The van der Waals surface area contributed by atoms with Gasteiger partial charge in [0, 0.05) is 0 Å². The van der Waals surface area contributed by atoms with Crippen molar-refractivity contribution in [2.45, 2.75) is 6.92 Å². The molecule has 0 spiro atoms. The van der Waals surface area contributed by atoms with Gasteiger partial charge in [-0.1, -0.05) is 0 Å². The molecule has 80 valence electrons. The van der Waals surface area contributed by atoms with E-state index in [1.165, 1.54) is 7.11 Å². The Bertz CT molecular complexity index is 232. The molecule has 0 aromatic rings. The van der Waals surface area contributed by atoms with Gasteiger partial charge in [-0.05, 0) is 19.1 Å². The molecule has 2 N–H and O–H groups in total. The Balaban J connectivity index is 3.65. The molecular formula is C7H12N2O4S. The molecule has 0 fully saturated rings. The van der Waals surface area contributed by atoms with E-state index in [0.29, 0.717) is 0 Å². The third-order valence-electron chi connectivity index (χ3n) is 1.11. The van der Waals surface area contributed by atoms with Gasteiger partial charge in [-0.2, -0.15) is 0 Å². The van der Waals surface area contributed by atoms with Crippen molar-refractivity contribution in [3.8, 4) is 0 Å². The second kappa shape index (κ2) is 7.07. The fourth-order valence-corrected chi connectivity index (χ4v) is 0.684. The van der Waals surface area contributed by atoms with Crippen LogP contribution in [0, 0.1) is 0 Å². The molecule has 0 bridgehead atoms. The summed E-state index contributed by atoms with van der Waals surface area (Å²) in [4.78, 5) is 21.4.